The molecule has 0 aliphatic carbocycles. The van der Waals surface area contributed by atoms with Gasteiger partial charge in [0.05, 0.1) is 25.8 Å². The molecule has 1 aliphatic heterocycles. The fraction of sp³-hybridized carbons (Fsp3) is 0.409. The molecule has 1 saturated heterocycles. The molecule has 0 spiro atoms. The number of morpholine rings is 1. The molecule has 3 rings (SSSR count). The maximum absolute atomic E-state index is 6.15. The standard InChI is InChI=1S/C22H30N4O.HI/c1-3-18-6-10-20(11-7-18)25-22(23)24-16-21(26-12-14-27-15-13-26)19-8-4-17(2)5-9-19;/h4-11,21H,3,12-16H2,1-2H3,(H3,23,24,25);1H. The van der Waals surface area contributed by atoms with Crippen molar-refractivity contribution in [3.05, 3.63) is 65.2 Å². The van der Waals surface area contributed by atoms with Gasteiger partial charge in [0.1, 0.15) is 0 Å². The Labute approximate surface area is 185 Å². The number of aryl methyl sites for hydroxylation is 2. The first-order chi connectivity index (χ1) is 13.2. The van der Waals surface area contributed by atoms with Crippen LogP contribution >= 0.6 is 24.0 Å². The minimum atomic E-state index is 0. The van der Waals surface area contributed by atoms with Gasteiger partial charge in [0.15, 0.2) is 5.96 Å². The predicted molar refractivity (Wildman–Crippen MR) is 128 cm³/mol. The lowest BCUT2D eigenvalue weighted by Gasteiger charge is -2.34. The van der Waals surface area contributed by atoms with Crippen molar-refractivity contribution in [2.45, 2.75) is 26.3 Å². The Morgan fingerprint density at radius 3 is 2.36 bits per heavy atom. The molecule has 28 heavy (non-hydrogen) atoms. The number of ether oxygens (including phenoxy) is 1. The minimum absolute atomic E-state index is 0. The summed E-state index contributed by atoms with van der Waals surface area (Å²) in [7, 11) is 0. The van der Waals surface area contributed by atoms with Gasteiger partial charge in [-0.15, -0.1) is 24.0 Å². The van der Waals surface area contributed by atoms with Gasteiger partial charge < -0.3 is 15.8 Å². The molecule has 0 bridgehead atoms. The number of hydrogen-bond donors (Lipinski definition) is 2. The third-order valence-corrected chi connectivity index (χ3v) is 5.02. The van der Waals surface area contributed by atoms with E-state index in [1.54, 1.807) is 0 Å². The first kappa shape index (κ1) is 22.6. The van der Waals surface area contributed by atoms with Crippen molar-refractivity contribution in [1.29, 1.82) is 0 Å². The van der Waals surface area contributed by atoms with E-state index in [9.17, 15) is 0 Å². The highest BCUT2D eigenvalue weighted by atomic mass is 127. The number of rotatable bonds is 6. The molecule has 0 aromatic heterocycles. The number of nitrogens with zero attached hydrogens (tertiary/aromatic N) is 2. The van der Waals surface area contributed by atoms with Crippen LogP contribution in [0, 0.1) is 6.92 Å². The van der Waals surface area contributed by atoms with Gasteiger partial charge in [-0.1, -0.05) is 48.9 Å². The van der Waals surface area contributed by atoms with Crippen LogP contribution in [0.2, 0.25) is 0 Å². The summed E-state index contributed by atoms with van der Waals surface area (Å²) in [6.07, 6.45) is 1.03. The molecule has 1 unspecified atom stereocenters. The Morgan fingerprint density at radius 1 is 1.11 bits per heavy atom. The first-order valence-electron chi connectivity index (χ1n) is 9.70. The molecule has 0 saturated carbocycles. The van der Waals surface area contributed by atoms with Crippen LogP contribution in [-0.2, 0) is 11.2 Å². The van der Waals surface area contributed by atoms with Crippen LogP contribution in [0.4, 0.5) is 5.69 Å². The molecule has 1 fully saturated rings. The van der Waals surface area contributed by atoms with E-state index in [4.69, 9.17) is 10.5 Å². The monoisotopic (exact) mass is 494 g/mol. The van der Waals surface area contributed by atoms with Crippen LogP contribution in [0.5, 0.6) is 0 Å². The topological polar surface area (TPSA) is 62.9 Å². The second-order valence-electron chi connectivity index (χ2n) is 6.98. The van der Waals surface area contributed by atoms with Crippen LogP contribution in [0.1, 0.15) is 29.7 Å². The van der Waals surface area contributed by atoms with Crippen LogP contribution in [0.3, 0.4) is 0 Å². The second-order valence-corrected chi connectivity index (χ2v) is 6.98. The van der Waals surface area contributed by atoms with Gasteiger partial charge in [-0.25, -0.2) is 0 Å². The van der Waals surface area contributed by atoms with Crippen LogP contribution in [0.15, 0.2) is 53.5 Å². The van der Waals surface area contributed by atoms with E-state index in [-0.39, 0.29) is 30.0 Å². The lowest BCUT2D eigenvalue weighted by atomic mass is 10.0. The van der Waals surface area contributed by atoms with E-state index in [2.05, 4.69) is 65.5 Å². The molecule has 1 atom stereocenters. The molecule has 152 valence electrons. The summed E-state index contributed by atoms with van der Waals surface area (Å²) in [6.45, 7) is 8.24. The van der Waals surface area contributed by atoms with E-state index in [0.717, 1.165) is 38.4 Å². The smallest absolute Gasteiger partial charge is 0.193 e. The Kier molecular flexibility index (Phi) is 9.21. The van der Waals surface area contributed by atoms with E-state index >= 15 is 0 Å². The highest BCUT2D eigenvalue weighted by Gasteiger charge is 2.22. The lowest BCUT2D eigenvalue weighted by Crippen LogP contribution is -2.40. The van der Waals surface area contributed by atoms with Crippen molar-refractivity contribution in [2.75, 3.05) is 38.2 Å². The van der Waals surface area contributed by atoms with E-state index in [0.29, 0.717) is 12.5 Å². The molecule has 1 heterocycles. The molecule has 6 heteroatoms. The van der Waals surface area contributed by atoms with Gasteiger partial charge in [-0.3, -0.25) is 9.89 Å². The number of benzene rings is 2. The Morgan fingerprint density at radius 2 is 1.75 bits per heavy atom. The molecular formula is C22H31IN4O. The van der Waals surface area contributed by atoms with E-state index in [1.165, 1.54) is 16.7 Å². The summed E-state index contributed by atoms with van der Waals surface area (Å²) >= 11 is 0. The zero-order valence-corrected chi connectivity index (χ0v) is 19.1. The number of hydrogen-bond acceptors (Lipinski definition) is 3. The first-order valence-corrected chi connectivity index (χ1v) is 9.70. The lowest BCUT2D eigenvalue weighted by molar-refractivity contribution is 0.0180. The van der Waals surface area contributed by atoms with Crippen molar-refractivity contribution in [1.82, 2.24) is 4.90 Å². The molecule has 2 aromatic carbocycles. The number of halogens is 1. The highest BCUT2D eigenvalue weighted by molar-refractivity contribution is 14.0. The van der Waals surface area contributed by atoms with Crippen molar-refractivity contribution < 1.29 is 4.74 Å². The molecule has 1 aliphatic rings. The number of nitrogens with one attached hydrogen (secondary N) is 1. The van der Waals surface area contributed by atoms with Gasteiger partial charge in [0, 0.05) is 18.8 Å². The second kappa shape index (κ2) is 11.4. The van der Waals surface area contributed by atoms with Gasteiger partial charge in [-0.05, 0) is 36.6 Å². The summed E-state index contributed by atoms with van der Waals surface area (Å²) in [5.41, 5.74) is 11.0. The Balaban J connectivity index is 0.00000280. The highest BCUT2D eigenvalue weighted by Crippen LogP contribution is 2.23. The van der Waals surface area contributed by atoms with E-state index in [1.807, 2.05) is 12.1 Å². The van der Waals surface area contributed by atoms with Crippen molar-refractivity contribution in [2.24, 2.45) is 10.7 Å². The average molecular weight is 494 g/mol. The van der Waals surface area contributed by atoms with E-state index < -0.39 is 0 Å². The van der Waals surface area contributed by atoms with Gasteiger partial charge in [0.25, 0.3) is 0 Å². The molecule has 0 radical (unpaired) electrons. The normalized spacial score (nSPS) is 16.3. The Hall–Kier alpha value is -1.64. The quantitative estimate of drug-likeness (QED) is 0.363. The zero-order chi connectivity index (χ0) is 19.1. The predicted octanol–water partition coefficient (Wildman–Crippen LogP) is 3.98. The fourth-order valence-corrected chi connectivity index (χ4v) is 3.31. The SMILES string of the molecule is CCc1ccc(NC(N)=NCC(c2ccc(C)cc2)N2CCOCC2)cc1.I. The maximum atomic E-state index is 6.15. The van der Waals surface area contributed by atoms with Crippen molar-refractivity contribution in [3.63, 3.8) is 0 Å². The summed E-state index contributed by atoms with van der Waals surface area (Å²) < 4.78 is 5.51. The summed E-state index contributed by atoms with van der Waals surface area (Å²) in [5, 5.41) is 3.20. The van der Waals surface area contributed by atoms with Crippen LogP contribution < -0.4 is 11.1 Å². The number of guanidine groups is 1. The van der Waals surface area contributed by atoms with Gasteiger partial charge in [-0.2, -0.15) is 0 Å². The summed E-state index contributed by atoms with van der Waals surface area (Å²) in [6, 6.07) is 17.2. The number of nitrogens with two attached hydrogens (primary N) is 1. The Bertz CT molecular complexity index is 740. The minimum Gasteiger partial charge on any atom is -0.379 e. The van der Waals surface area contributed by atoms with Crippen molar-refractivity contribution in [3.8, 4) is 0 Å². The molecule has 0 amide bonds. The van der Waals surface area contributed by atoms with Gasteiger partial charge in [0.2, 0.25) is 0 Å². The molecular weight excluding hydrogens is 463 g/mol. The average Bonchev–Trinajstić information content (AvgIpc) is 2.71. The third-order valence-electron chi connectivity index (χ3n) is 5.02. The zero-order valence-electron chi connectivity index (χ0n) is 16.7. The van der Waals surface area contributed by atoms with Gasteiger partial charge >= 0.3 is 0 Å². The van der Waals surface area contributed by atoms with Crippen LogP contribution in [-0.4, -0.2) is 43.7 Å². The molecule has 2 aromatic rings. The molecule has 5 nitrogen and oxygen atoms in total. The summed E-state index contributed by atoms with van der Waals surface area (Å²) in [5.74, 6) is 0.449. The third kappa shape index (κ3) is 6.46. The fourth-order valence-electron chi connectivity index (χ4n) is 3.31. The molecule has 3 N–H and O–H groups in total. The largest absolute Gasteiger partial charge is 0.379 e. The number of anilines is 1. The van der Waals surface area contributed by atoms with Crippen LogP contribution in [0.25, 0.3) is 0 Å². The van der Waals surface area contributed by atoms with Crippen molar-refractivity contribution >= 4 is 35.6 Å². The number of aliphatic imine (C=N–C) groups is 1. The summed E-state index contributed by atoms with van der Waals surface area (Å²) in [4.78, 5) is 7.07. The maximum Gasteiger partial charge on any atom is 0.193 e.